The van der Waals surface area contributed by atoms with Crippen molar-refractivity contribution < 1.29 is 4.79 Å². The first-order chi connectivity index (χ1) is 14.6. The Bertz CT molecular complexity index is 1200. The zero-order valence-corrected chi connectivity index (χ0v) is 17.0. The second-order valence-corrected chi connectivity index (χ2v) is 8.06. The first-order valence-corrected chi connectivity index (χ1v) is 10.2. The Morgan fingerprint density at radius 3 is 2.87 bits per heavy atom. The Morgan fingerprint density at radius 2 is 2.07 bits per heavy atom. The summed E-state index contributed by atoms with van der Waals surface area (Å²) in [4.78, 5) is 30.6. The van der Waals surface area contributed by atoms with Crippen molar-refractivity contribution >= 4 is 28.5 Å². The second-order valence-electron chi connectivity index (χ2n) is 8.06. The van der Waals surface area contributed by atoms with Crippen LogP contribution in [0.25, 0.3) is 27.8 Å². The number of amides is 1. The number of hydrogen-bond donors (Lipinski definition) is 2. The summed E-state index contributed by atoms with van der Waals surface area (Å²) in [7, 11) is 3.65. The summed E-state index contributed by atoms with van der Waals surface area (Å²) in [5.41, 5.74) is 3.66. The van der Waals surface area contributed by atoms with Gasteiger partial charge in [-0.2, -0.15) is 10.1 Å². The fourth-order valence-corrected chi connectivity index (χ4v) is 4.23. The van der Waals surface area contributed by atoms with Crippen molar-refractivity contribution in [3.8, 4) is 11.1 Å². The molecule has 5 rings (SSSR count). The van der Waals surface area contributed by atoms with Crippen LogP contribution in [0.1, 0.15) is 25.7 Å². The van der Waals surface area contributed by atoms with E-state index >= 15 is 0 Å². The Morgan fingerprint density at radius 1 is 1.23 bits per heavy atom. The molecule has 30 heavy (non-hydrogen) atoms. The lowest BCUT2D eigenvalue weighted by atomic mass is 9.85. The standard InChI is InChI=1S/C21H24N8O/c1-28(2)20(30)13-3-5-15(6-4-13)26-21-23-11-17-16(10-22-19(17)27-21)14-7-8-29-18(9-14)24-12-25-29/h7-13,15H,3-6H2,1-2H3,(H2,22,23,26,27). The SMILES string of the molecule is CN(C)C(=O)C1CCC(Nc2ncc3c(-c4ccn5ncnc5c4)c[nH]c3n2)CC1. The molecule has 1 aliphatic rings. The van der Waals surface area contributed by atoms with E-state index in [2.05, 4.69) is 30.4 Å². The van der Waals surface area contributed by atoms with Gasteiger partial charge in [0.2, 0.25) is 11.9 Å². The molecule has 0 saturated heterocycles. The average Bonchev–Trinajstić information content (AvgIpc) is 3.39. The highest BCUT2D eigenvalue weighted by atomic mass is 16.2. The molecule has 4 aromatic heterocycles. The number of carbonyl (C=O) groups is 1. The van der Waals surface area contributed by atoms with Gasteiger partial charge in [0.15, 0.2) is 5.65 Å². The van der Waals surface area contributed by atoms with Crippen molar-refractivity contribution in [2.45, 2.75) is 31.7 Å². The summed E-state index contributed by atoms with van der Waals surface area (Å²) in [5.74, 6) is 0.982. The van der Waals surface area contributed by atoms with Crippen LogP contribution in [-0.4, -0.2) is 60.5 Å². The van der Waals surface area contributed by atoms with Gasteiger partial charge >= 0.3 is 0 Å². The van der Waals surface area contributed by atoms with Crippen LogP contribution in [0.3, 0.4) is 0 Å². The molecule has 1 aliphatic carbocycles. The van der Waals surface area contributed by atoms with Gasteiger partial charge in [0, 0.05) is 55.6 Å². The van der Waals surface area contributed by atoms with Crippen LogP contribution in [0.4, 0.5) is 5.95 Å². The molecule has 4 aromatic rings. The van der Waals surface area contributed by atoms with E-state index in [1.807, 2.05) is 44.8 Å². The Kier molecular flexibility index (Phi) is 4.57. The first-order valence-electron chi connectivity index (χ1n) is 10.2. The maximum atomic E-state index is 12.2. The highest BCUT2D eigenvalue weighted by Crippen LogP contribution is 2.30. The van der Waals surface area contributed by atoms with Gasteiger partial charge in [-0.05, 0) is 43.4 Å². The number of aromatic amines is 1. The lowest BCUT2D eigenvalue weighted by Gasteiger charge is -2.29. The highest BCUT2D eigenvalue weighted by molar-refractivity contribution is 5.93. The average molecular weight is 404 g/mol. The number of pyridine rings is 1. The topological polar surface area (TPSA) is 104 Å². The van der Waals surface area contributed by atoms with Crippen LogP contribution in [-0.2, 0) is 4.79 Å². The van der Waals surface area contributed by atoms with E-state index in [9.17, 15) is 4.79 Å². The zero-order valence-electron chi connectivity index (χ0n) is 17.0. The minimum atomic E-state index is 0.134. The van der Waals surface area contributed by atoms with E-state index in [1.165, 1.54) is 0 Å². The third kappa shape index (κ3) is 3.36. The molecule has 0 aliphatic heterocycles. The Labute approximate surface area is 173 Å². The van der Waals surface area contributed by atoms with Gasteiger partial charge in [-0.25, -0.2) is 14.5 Å². The monoisotopic (exact) mass is 404 g/mol. The molecule has 9 heteroatoms. The van der Waals surface area contributed by atoms with Crippen LogP contribution >= 0.6 is 0 Å². The summed E-state index contributed by atoms with van der Waals surface area (Å²) in [6.07, 6.45) is 10.9. The lowest BCUT2D eigenvalue weighted by molar-refractivity contribution is -0.133. The smallest absolute Gasteiger partial charge is 0.225 e. The van der Waals surface area contributed by atoms with Crippen LogP contribution in [0.15, 0.2) is 37.1 Å². The minimum absolute atomic E-state index is 0.134. The number of nitrogens with one attached hydrogen (secondary N) is 2. The number of hydrogen-bond acceptors (Lipinski definition) is 6. The molecule has 154 valence electrons. The molecule has 0 unspecified atom stereocenters. The van der Waals surface area contributed by atoms with Crippen molar-refractivity contribution in [2.24, 2.45) is 5.92 Å². The van der Waals surface area contributed by atoms with Crippen molar-refractivity contribution in [2.75, 3.05) is 19.4 Å². The summed E-state index contributed by atoms with van der Waals surface area (Å²) in [6.45, 7) is 0. The van der Waals surface area contributed by atoms with E-state index in [1.54, 1.807) is 15.7 Å². The predicted octanol–water partition coefficient (Wildman–Crippen LogP) is 2.73. The lowest BCUT2D eigenvalue weighted by Crippen LogP contribution is -2.35. The highest BCUT2D eigenvalue weighted by Gasteiger charge is 2.27. The fraction of sp³-hybridized carbons (Fsp3) is 0.381. The number of rotatable bonds is 4. The van der Waals surface area contributed by atoms with Crippen LogP contribution < -0.4 is 5.32 Å². The van der Waals surface area contributed by atoms with Gasteiger partial charge in [-0.3, -0.25) is 4.79 Å². The van der Waals surface area contributed by atoms with Crippen LogP contribution in [0.5, 0.6) is 0 Å². The molecule has 0 radical (unpaired) electrons. The molecule has 4 heterocycles. The quantitative estimate of drug-likeness (QED) is 0.542. The summed E-state index contributed by atoms with van der Waals surface area (Å²) < 4.78 is 1.73. The van der Waals surface area contributed by atoms with Gasteiger partial charge in [0.1, 0.15) is 12.0 Å². The number of aromatic nitrogens is 6. The number of carbonyl (C=O) groups excluding carboxylic acids is 1. The van der Waals surface area contributed by atoms with Gasteiger partial charge < -0.3 is 15.2 Å². The zero-order chi connectivity index (χ0) is 20.7. The molecule has 2 N–H and O–H groups in total. The summed E-state index contributed by atoms with van der Waals surface area (Å²) >= 11 is 0. The Balaban J connectivity index is 1.31. The minimum Gasteiger partial charge on any atom is -0.351 e. The maximum Gasteiger partial charge on any atom is 0.225 e. The first kappa shape index (κ1) is 18.5. The molecule has 0 spiro atoms. The molecular formula is C21H24N8O. The third-order valence-electron chi connectivity index (χ3n) is 5.87. The largest absolute Gasteiger partial charge is 0.351 e. The molecule has 0 atom stereocenters. The normalized spacial score (nSPS) is 19.3. The molecule has 9 nitrogen and oxygen atoms in total. The molecule has 1 amide bonds. The second kappa shape index (κ2) is 7.40. The number of nitrogens with zero attached hydrogens (tertiary/aromatic N) is 6. The number of fused-ring (bicyclic) bond motifs is 2. The Hall–Kier alpha value is -3.49. The van der Waals surface area contributed by atoms with E-state index < -0.39 is 0 Å². The van der Waals surface area contributed by atoms with E-state index in [-0.39, 0.29) is 11.8 Å². The summed E-state index contributed by atoms with van der Waals surface area (Å²) in [6, 6.07) is 4.29. The van der Waals surface area contributed by atoms with Crippen molar-refractivity contribution in [1.82, 2.24) is 34.4 Å². The van der Waals surface area contributed by atoms with Crippen molar-refractivity contribution in [3.63, 3.8) is 0 Å². The molecule has 0 aromatic carbocycles. The summed E-state index contributed by atoms with van der Waals surface area (Å²) in [5, 5.41) is 8.54. The van der Waals surface area contributed by atoms with Crippen molar-refractivity contribution in [1.29, 1.82) is 0 Å². The fourth-order valence-electron chi connectivity index (χ4n) is 4.23. The van der Waals surface area contributed by atoms with Crippen LogP contribution in [0, 0.1) is 5.92 Å². The molecule has 1 fully saturated rings. The number of anilines is 1. The van der Waals surface area contributed by atoms with Crippen molar-refractivity contribution in [3.05, 3.63) is 37.1 Å². The van der Waals surface area contributed by atoms with E-state index in [0.29, 0.717) is 12.0 Å². The van der Waals surface area contributed by atoms with Gasteiger partial charge in [-0.15, -0.1) is 0 Å². The van der Waals surface area contributed by atoms with E-state index in [0.717, 1.165) is 53.5 Å². The van der Waals surface area contributed by atoms with Gasteiger partial charge in [-0.1, -0.05) is 0 Å². The molecule has 0 bridgehead atoms. The molecule has 1 saturated carbocycles. The maximum absolute atomic E-state index is 12.2. The van der Waals surface area contributed by atoms with Gasteiger partial charge in [0.05, 0.1) is 0 Å². The third-order valence-corrected chi connectivity index (χ3v) is 5.87. The van der Waals surface area contributed by atoms with E-state index in [4.69, 9.17) is 0 Å². The van der Waals surface area contributed by atoms with Crippen LogP contribution in [0.2, 0.25) is 0 Å². The van der Waals surface area contributed by atoms with Gasteiger partial charge in [0.25, 0.3) is 0 Å². The molecular weight excluding hydrogens is 380 g/mol. The number of H-pyrrole nitrogens is 1. The predicted molar refractivity (Wildman–Crippen MR) is 114 cm³/mol.